The van der Waals surface area contributed by atoms with E-state index in [4.69, 9.17) is 0 Å². The van der Waals surface area contributed by atoms with Gasteiger partial charge >= 0.3 is 0 Å². The van der Waals surface area contributed by atoms with Gasteiger partial charge in [-0.05, 0) is 45.0 Å². The molecule has 0 fully saturated rings. The van der Waals surface area contributed by atoms with Gasteiger partial charge in [0.2, 0.25) is 0 Å². The number of aromatic amines is 1. The minimum atomic E-state index is -0.0853. The molecule has 6 heteroatoms. The first-order valence-corrected chi connectivity index (χ1v) is 8.17. The van der Waals surface area contributed by atoms with Gasteiger partial charge in [0.15, 0.2) is 0 Å². The standard InChI is InChI=1S/C19H21N5O/c1-13-6-4-8-16(21-13)11-24(12-17-9-5-7-14(2)22-17)19(25)18-10-20-23-15(18)3/h4-10H,11-12H2,1-3H3,(H,20,23). The molecule has 3 aromatic rings. The Balaban J connectivity index is 1.90. The number of aryl methyl sites for hydroxylation is 3. The molecular formula is C19H21N5O. The molecule has 128 valence electrons. The molecular weight excluding hydrogens is 314 g/mol. The van der Waals surface area contributed by atoms with E-state index in [1.54, 1.807) is 11.1 Å². The van der Waals surface area contributed by atoms with Crippen LogP contribution in [0.2, 0.25) is 0 Å². The normalized spacial score (nSPS) is 10.7. The lowest BCUT2D eigenvalue weighted by Crippen LogP contribution is -2.31. The van der Waals surface area contributed by atoms with E-state index in [1.807, 2.05) is 57.2 Å². The first-order chi connectivity index (χ1) is 12.0. The van der Waals surface area contributed by atoms with E-state index in [1.165, 1.54) is 0 Å². The summed E-state index contributed by atoms with van der Waals surface area (Å²) in [5, 5.41) is 6.79. The van der Waals surface area contributed by atoms with Crippen LogP contribution in [0.1, 0.15) is 38.8 Å². The molecule has 1 amide bonds. The minimum Gasteiger partial charge on any atom is -0.327 e. The molecule has 0 aliphatic carbocycles. The molecule has 0 aromatic carbocycles. The van der Waals surface area contributed by atoms with Crippen molar-refractivity contribution in [3.05, 3.63) is 76.6 Å². The van der Waals surface area contributed by atoms with Crippen LogP contribution in [-0.2, 0) is 13.1 Å². The van der Waals surface area contributed by atoms with Crippen LogP contribution in [0, 0.1) is 20.8 Å². The fourth-order valence-corrected chi connectivity index (χ4v) is 2.70. The molecule has 6 nitrogen and oxygen atoms in total. The lowest BCUT2D eigenvalue weighted by molar-refractivity contribution is 0.0725. The monoisotopic (exact) mass is 335 g/mol. The van der Waals surface area contributed by atoms with Gasteiger partial charge in [-0.2, -0.15) is 5.10 Å². The highest BCUT2D eigenvalue weighted by Gasteiger charge is 2.20. The molecule has 0 aliphatic heterocycles. The highest BCUT2D eigenvalue weighted by atomic mass is 16.2. The van der Waals surface area contributed by atoms with Gasteiger partial charge in [-0.15, -0.1) is 0 Å². The van der Waals surface area contributed by atoms with Crippen LogP contribution in [0.25, 0.3) is 0 Å². The summed E-state index contributed by atoms with van der Waals surface area (Å²) >= 11 is 0. The number of carbonyl (C=O) groups is 1. The van der Waals surface area contributed by atoms with Crippen LogP contribution in [0.4, 0.5) is 0 Å². The van der Waals surface area contributed by atoms with Crippen molar-refractivity contribution in [2.75, 3.05) is 0 Å². The van der Waals surface area contributed by atoms with Gasteiger partial charge < -0.3 is 4.90 Å². The highest BCUT2D eigenvalue weighted by Crippen LogP contribution is 2.14. The van der Waals surface area contributed by atoms with Crippen molar-refractivity contribution in [3.8, 4) is 0 Å². The van der Waals surface area contributed by atoms with E-state index in [9.17, 15) is 4.79 Å². The summed E-state index contributed by atoms with van der Waals surface area (Å²) in [6.45, 7) is 6.56. The molecule has 3 aromatic heterocycles. The van der Waals surface area contributed by atoms with Crippen LogP contribution >= 0.6 is 0 Å². The molecule has 0 unspecified atom stereocenters. The molecule has 3 rings (SSSR count). The predicted molar refractivity (Wildman–Crippen MR) is 94.9 cm³/mol. The summed E-state index contributed by atoms with van der Waals surface area (Å²) < 4.78 is 0. The largest absolute Gasteiger partial charge is 0.327 e. The zero-order valence-electron chi connectivity index (χ0n) is 14.7. The summed E-state index contributed by atoms with van der Waals surface area (Å²) in [7, 11) is 0. The first-order valence-electron chi connectivity index (χ1n) is 8.17. The van der Waals surface area contributed by atoms with Crippen LogP contribution in [0.3, 0.4) is 0 Å². The van der Waals surface area contributed by atoms with Crippen molar-refractivity contribution in [3.63, 3.8) is 0 Å². The number of amides is 1. The second-order valence-electron chi connectivity index (χ2n) is 6.11. The maximum absolute atomic E-state index is 13.0. The quantitative estimate of drug-likeness (QED) is 0.778. The third-order valence-corrected chi connectivity index (χ3v) is 3.95. The van der Waals surface area contributed by atoms with Crippen LogP contribution < -0.4 is 0 Å². The van der Waals surface area contributed by atoms with Gasteiger partial charge in [-0.3, -0.25) is 19.9 Å². The van der Waals surface area contributed by atoms with Crippen LogP contribution in [0.15, 0.2) is 42.6 Å². The average Bonchev–Trinajstić information content (AvgIpc) is 3.00. The number of H-pyrrole nitrogens is 1. The SMILES string of the molecule is Cc1cccc(CN(Cc2cccc(C)n2)C(=O)c2cn[nH]c2C)n1. The molecule has 0 aliphatic rings. The molecule has 0 saturated heterocycles. The number of nitrogens with one attached hydrogen (secondary N) is 1. The van der Waals surface area contributed by atoms with Gasteiger partial charge in [0.1, 0.15) is 0 Å². The zero-order valence-corrected chi connectivity index (χ0v) is 14.7. The third kappa shape index (κ3) is 4.09. The summed E-state index contributed by atoms with van der Waals surface area (Å²) in [5.41, 5.74) is 4.88. The topological polar surface area (TPSA) is 74.8 Å². The van der Waals surface area contributed by atoms with E-state index in [0.717, 1.165) is 28.5 Å². The van der Waals surface area contributed by atoms with Crippen molar-refractivity contribution < 1.29 is 4.79 Å². The number of rotatable bonds is 5. The number of hydrogen-bond donors (Lipinski definition) is 1. The fourth-order valence-electron chi connectivity index (χ4n) is 2.70. The molecule has 0 saturated carbocycles. The van der Waals surface area contributed by atoms with Crippen LogP contribution in [-0.4, -0.2) is 31.0 Å². The second-order valence-corrected chi connectivity index (χ2v) is 6.11. The molecule has 0 atom stereocenters. The van der Waals surface area contributed by atoms with E-state index < -0.39 is 0 Å². The maximum Gasteiger partial charge on any atom is 0.258 e. The highest BCUT2D eigenvalue weighted by molar-refractivity contribution is 5.94. The van der Waals surface area contributed by atoms with Gasteiger partial charge in [0.05, 0.1) is 36.2 Å². The molecule has 0 bridgehead atoms. The summed E-state index contributed by atoms with van der Waals surface area (Å²) in [4.78, 5) is 23.8. The Morgan fingerprint density at radius 3 is 1.96 bits per heavy atom. The van der Waals surface area contributed by atoms with Crippen molar-refractivity contribution in [2.45, 2.75) is 33.9 Å². The Bertz CT molecular complexity index is 839. The Labute approximate surface area is 146 Å². The number of carbonyl (C=O) groups excluding carboxylic acids is 1. The second kappa shape index (κ2) is 7.25. The number of pyridine rings is 2. The van der Waals surface area contributed by atoms with Gasteiger partial charge in [-0.1, -0.05) is 12.1 Å². The number of nitrogens with zero attached hydrogens (tertiary/aromatic N) is 4. The Morgan fingerprint density at radius 2 is 1.52 bits per heavy atom. The van der Waals surface area contributed by atoms with Gasteiger partial charge in [-0.25, -0.2) is 0 Å². The Kier molecular flexibility index (Phi) is 4.88. The van der Waals surface area contributed by atoms with E-state index in [-0.39, 0.29) is 5.91 Å². The number of aromatic nitrogens is 4. The fraction of sp³-hybridized carbons (Fsp3) is 0.263. The third-order valence-electron chi connectivity index (χ3n) is 3.95. The lowest BCUT2D eigenvalue weighted by atomic mass is 10.2. The zero-order chi connectivity index (χ0) is 17.8. The lowest BCUT2D eigenvalue weighted by Gasteiger charge is -2.22. The Hall–Kier alpha value is -3.02. The number of hydrogen-bond acceptors (Lipinski definition) is 4. The molecule has 1 N–H and O–H groups in total. The van der Waals surface area contributed by atoms with Crippen molar-refractivity contribution in [2.24, 2.45) is 0 Å². The Morgan fingerprint density at radius 1 is 0.960 bits per heavy atom. The van der Waals surface area contributed by atoms with E-state index >= 15 is 0 Å². The molecule has 25 heavy (non-hydrogen) atoms. The molecule has 0 radical (unpaired) electrons. The molecule has 3 heterocycles. The summed E-state index contributed by atoms with van der Waals surface area (Å²) in [6, 6.07) is 11.6. The van der Waals surface area contributed by atoms with E-state index in [2.05, 4.69) is 20.2 Å². The van der Waals surface area contributed by atoms with Gasteiger partial charge in [0, 0.05) is 17.1 Å². The van der Waals surface area contributed by atoms with Crippen molar-refractivity contribution in [1.29, 1.82) is 0 Å². The summed E-state index contributed by atoms with van der Waals surface area (Å²) in [5.74, 6) is -0.0853. The predicted octanol–water partition coefficient (Wildman–Crippen LogP) is 2.97. The van der Waals surface area contributed by atoms with E-state index in [0.29, 0.717) is 18.7 Å². The van der Waals surface area contributed by atoms with Crippen molar-refractivity contribution >= 4 is 5.91 Å². The van der Waals surface area contributed by atoms with Crippen molar-refractivity contribution in [1.82, 2.24) is 25.1 Å². The smallest absolute Gasteiger partial charge is 0.258 e. The molecule has 0 spiro atoms. The van der Waals surface area contributed by atoms with Crippen LogP contribution in [0.5, 0.6) is 0 Å². The minimum absolute atomic E-state index is 0.0853. The van der Waals surface area contributed by atoms with Gasteiger partial charge in [0.25, 0.3) is 5.91 Å². The first kappa shape index (κ1) is 16.8. The summed E-state index contributed by atoms with van der Waals surface area (Å²) in [6.07, 6.45) is 1.57. The average molecular weight is 335 g/mol. The maximum atomic E-state index is 13.0.